The monoisotopic (exact) mass is 759 g/mol. The summed E-state index contributed by atoms with van der Waals surface area (Å²) in [4.78, 5) is 45.3. The zero-order valence-electron chi connectivity index (χ0n) is 32.3. The maximum Gasteiger partial charge on any atom is 0.345 e. The highest BCUT2D eigenvalue weighted by molar-refractivity contribution is 5.95. The molecule has 0 saturated carbocycles. The molecule has 13 heteroatoms. The number of esters is 1. The van der Waals surface area contributed by atoms with Crippen LogP contribution in [0.25, 0.3) is 33.3 Å². The number of halogens is 2. The van der Waals surface area contributed by atoms with Gasteiger partial charge < -0.3 is 24.5 Å². The van der Waals surface area contributed by atoms with Crippen LogP contribution in [0.5, 0.6) is 5.75 Å². The number of hydrazine groups is 1. The summed E-state index contributed by atoms with van der Waals surface area (Å²) in [5, 5.41) is 16.3. The number of rotatable bonds is 8. The zero-order chi connectivity index (χ0) is 39.6. The van der Waals surface area contributed by atoms with Crippen molar-refractivity contribution in [3.63, 3.8) is 0 Å². The number of amides is 2. The molecule has 0 radical (unpaired) electrons. The topological polar surface area (TPSA) is 135 Å². The van der Waals surface area contributed by atoms with Crippen LogP contribution in [0.1, 0.15) is 83.7 Å². The smallest absolute Gasteiger partial charge is 0.345 e. The van der Waals surface area contributed by atoms with Gasteiger partial charge in [0.05, 0.1) is 18.0 Å². The number of alkyl halides is 2. The number of pyridine rings is 1. The third-order valence-corrected chi connectivity index (χ3v) is 10.2. The first-order chi connectivity index (χ1) is 26.1. The van der Waals surface area contributed by atoms with E-state index >= 15 is 0 Å². The summed E-state index contributed by atoms with van der Waals surface area (Å²) in [6.07, 6.45) is 2.33. The molecule has 0 spiro atoms. The Balaban J connectivity index is 1.54. The van der Waals surface area contributed by atoms with Crippen molar-refractivity contribution in [3.8, 4) is 28.1 Å². The van der Waals surface area contributed by atoms with Gasteiger partial charge in [-0.2, -0.15) is 8.78 Å². The highest BCUT2D eigenvalue weighted by atomic mass is 19.3. The van der Waals surface area contributed by atoms with E-state index in [0.29, 0.717) is 54.7 Å². The van der Waals surface area contributed by atoms with E-state index in [4.69, 9.17) is 9.47 Å². The lowest BCUT2D eigenvalue weighted by Gasteiger charge is -2.35. The number of hydrogen-bond donors (Lipinski definition) is 3. The Morgan fingerprint density at radius 2 is 1.91 bits per heavy atom. The van der Waals surface area contributed by atoms with Crippen molar-refractivity contribution < 1.29 is 37.7 Å². The minimum atomic E-state index is -2.99. The Morgan fingerprint density at radius 1 is 1.13 bits per heavy atom. The molecular weight excluding hydrogens is 708 g/mol. The summed E-state index contributed by atoms with van der Waals surface area (Å²) in [6.45, 7) is 9.40. The molecule has 55 heavy (non-hydrogen) atoms. The summed E-state index contributed by atoms with van der Waals surface area (Å²) in [6, 6.07) is 13.1. The molecule has 3 N–H and O–H groups in total. The van der Waals surface area contributed by atoms with Crippen molar-refractivity contribution in [1.29, 1.82) is 0 Å². The number of cyclic esters (lactones) is 1. The summed E-state index contributed by atoms with van der Waals surface area (Å²) in [5.41, 5.74) is 8.25. The highest BCUT2D eigenvalue weighted by Crippen LogP contribution is 2.42. The van der Waals surface area contributed by atoms with E-state index in [2.05, 4.69) is 20.3 Å². The van der Waals surface area contributed by atoms with Crippen molar-refractivity contribution in [3.05, 3.63) is 71.5 Å². The fourth-order valence-corrected chi connectivity index (χ4v) is 7.80. The highest BCUT2D eigenvalue weighted by Gasteiger charge is 2.35. The average molecular weight is 760 g/mol. The molecule has 6 rings (SSSR count). The van der Waals surface area contributed by atoms with Gasteiger partial charge in [0.15, 0.2) is 0 Å². The van der Waals surface area contributed by atoms with E-state index < -0.39 is 36.2 Å². The number of aryl methyl sites for hydroxylation is 1. The molecule has 4 heterocycles. The molecule has 0 unspecified atom stereocenters. The van der Waals surface area contributed by atoms with Crippen molar-refractivity contribution in [2.45, 2.75) is 105 Å². The van der Waals surface area contributed by atoms with Crippen LogP contribution >= 0.6 is 0 Å². The molecule has 2 amide bonds. The molecule has 6 bridgehead atoms. The first kappa shape index (κ1) is 39.8. The number of hydrogen-bond acceptors (Lipinski definition) is 8. The standard InChI is InChI=1S/C42H51F2N5O6/c1-7-48-35-13-12-27-21-31(35)32(38(48)30-10-8-14-45-37(30)25(4)55-41(43)44)22-42(5,6)23-54-40(53)33-11-9-15-49(47-33)39(52)34(46-36(51)16-24(2)3)19-26-17-28(27)20-29(50)18-26/h8,10,12-14,17-18,20-21,24-25,33-34,41,47,50H,7,9,11,15-16,19,22-23H2,1-6H3,(H,46,51)/t25-,33-,34-/m0/s1. The third-order valence-electron chi connectivity index (χ3n) is 10.2. The van der Waals surface area contributed by atoms with Crippen LogP contribution in [0.15, 0.2) is 54.7 Å². The molecule has 1 fully saturated rings. The second-order valence-electron chi connectivity index (χ2n) is 15.9. The number of aromatic nitrogens is 2. The van der Waals surface area contributed by atoms with E-state index in [1.807, 2.05) is 65.0 Å². The van der Waals surface area contributed by atoms with E-state index in [1.165, 1.54) is 5.01 Å². The number of benzene rings is 2. The predicted molar refractivity (Wildman–Crippen MR) is 205 cm³/mol. The summed E-state index contributed by atoms with van der Waals surface area (Å²) in [7, 11) is 0. The zero-order valence-corrected chi connectivity index (χ0v) is 32.3. The molecular formula is C42H51F2N5O6. The molecule has 11 nitrogen and oxygen atoms in total. The Morgan fingerprint density at radius 3 is 2.64 bits per heavy atom. The second kappa shape index (κ2) is 16.5. The van der Waals surface area contributed by atoms with Crippen LogP contribution in [0.2, 0.25) is 0 Å². The summed E-state index contributed by atoms with van der Waals surface area (Å²) < 4.78 is 40.1. The van der Waals surface area contributed by atoms with Gasteiger partial charge in [-0.25, -0.2) is 5.43 Å². The van der Waals surface area contributed by atoms with Gasteiger partial charge in [-0.05, 0) is 97.7 Å². The Bertz CT molecular complexity index is 2060. The molecule has 2 aliphatic heterocycles. The molecule has 2 aromatic carbocycles. The van der Waals surface area contributed by atoms with Crippen LogP contribution in [-0.2, 0) is 43.2 Å². The number of nitrogens with zero attached hydrogens (tertiary/aromatic N) is 3. The maximum atomic E-state index is 14.1. The SMILES string of the molecule is CCn1c(-c2cccnc2[C@H](C)OC(F)F)c2c3cc(ccc31)-c1cc(O)cc(c1)C[C@H](NC(=O)CC(C)C)C(=O)N1CCC[C@H](N1)C(=O)OCC(C)(C)C2. The van der Waals surface area contributed by atoms with E-state index in [-0.39, 0.29) is 42.9 Å². The van der Waals surface area contributed by atoms with Gasteiger partial charge in [0.25, 0.3) is 5.91 Å². The largest absolute Gasteiger partial charge is 0.508 e. The van der Waals surface area contributed by atoms with Gasteiger partial charge in [-0.3, -0.25) is 24.4 Å². The number of ether oxygens (including phenoxy) is 2. The summed E-state index contributed by atoms with van der Waals surface area (Å²) in [5.74, 6) is -1.08. The van der Waals surface area contributed by atoms with Crippen LogP contribution in [0.3, 0.4) is 0 Å². The van der Waals surface area contributed by atoms with Crippen molar-refractivity contribution >= 4 is 28.7 Å². The molecule has 294 valence electrons. The van der Waals surface area contributed by atoms with Crippen LogP contribution in [-0.4, -0.2) is 69.3 Å². The number of nitrogens with one attached hydrogen (secondary N) is 2. The average Bonchev–Trinajstić information content (AvgIpc) is 3.43. The first-order valence-electron chi connectivity index (χ1n) is 19.0. The first-order valence-corrected chi connectivity index (χ1v) is 19.0. The number of carbonyl (C=O) groups excluding carboxylic acids is 3. The molecule has 2 aromatic heterocycles. The third kappa shape index (κ3) is 8.99. The van der Waals surface area contributed by atoms with Crippen molar-refractivity contribution in [1.82, 2.24) is 25.3 Å². The number of phenols is 1. The van der Waals surface area contributed by atoms with Gasteiger partial charge >= 0.3 is 12.6 Å². The van der Waals surface area contributed by atoms with Gasteiger partial charge in [0.1, 0.15) is 23.9 Å². The predicted octanol–water partition coefficient (Wildman–Crippen LogP) is 7.09. The number of phenolic OH excluding ortho intramolecular Hbond substituents is 1. The lowest BCUT2D eigenvalue weighted by Crippen LogP contribution is -2.60. The molecule has 2 aliphatic rings. The Labute approximate surface area is 320 Å². The Kier molecular flexibility index (Phi) is 11.9. The number of aromatic hydroxyl groups is 1. The van der Waals surface area contributed by atoms with E-state index in [9.17, 15) is 28.3 Å². The van der Waals surface area contributed by atoms with E-state index in [1.54, 1.807) is 31.3 Å². The van der Waals surface area contributed by atoms with Gasteiger partial charge in [-0.1, -0.05) is 39.8 Å². The van der Waals surface area contributed by atoms with Crippen LogP contribution < -0.4 is 10.7 Å². The van der Waals surface area contributed by atoms with Crippen molar-refractivity contribution in [2.75, 3.05) is 13.2 Å². The number of fused-ring (bicyclic) bond motifs is 6. The van der Waals surface area contributed by atoms with Gasteiger partial charge in [0, 0.05) is 54.0 Å². The maximum absolute atomic E-state index is 14.1. The quantitative estimate of drug-likeness (QED) is 0.162. The molecule has 3 atom stereocenters. The lowest BCUT2D eigenvalue weighted by atomic mass is 9.84. The minimum absolute atomic E-state index is 0.00167. The summed E-state index contributed by atoms with van der Waals surface area (Å²) >= 11 is 0. The number of carbonyl (C=O) groups is 3. The Hall–Kier alpha value is -4.88. The normalized spacial score (nSPS) is 19.7. The van der Waals surface area contributed by atoms with Gasteiger partial charge in [-0.15, -0.1) is 0 Å². The van der Waals surface area contributed by atoms with Gasteiger partial charge in [0.2, 0.25) is 5.91 Å². The van der Waals surface area contributed by atoms with Crippen molar-refractivity contribution in [2.24, 2.45) is 11.3 Å². The van der Waals surface area contributed by atoms with Crippen LogP contribution in [0.4, 0.5) is 8.78 Å². The second-order valence-corrected chi connectivity index (χ2v) is 15.9. The lowest BCUT2D eigenvalue weighted by molar-refractivity contribution is -0.160. The van der Waals surface area contributed by atoms with E-state index in [0.717, 1.165) is 27.7 Å². The minimum Gasteiger partial charge on any atom is -0.508 e. The fourth-order valence-electron chi connectivity index (χ4n) is 7.80. The molecule has 0 aliphatic carbocycles. The molecule has 1 saturated heterocycles. The fraction of sp³-hybridized carbons (Fsp3) is 0.476. The van der Waals surface area contributed by atoms with Crippen LogP contribution in [0, 0.1) is 11.3 Å². The molecule has 4 aromatic rings.